The first kappa shape index (κ1) is 12.5. The average molecular weight is 248 g/mol. The first-order valence-electron chi connectivity index (χ1n) is 5.97. The monoisotopic (exact) mass is 248 g/mol. The highest BCUT2D eigenvalue weighted by molar-refractivity contribution is 5.91. The van der Waals surface area contributed by atoms with Gasteiger partial charge in [-0.05, 0) is 25.5 Å². The fourth-order valence-corrected chi connectivity index (χ4v) is 2.06. The summed E-state index contributed by atoms with van der Waals surface area (Å²) in [7, 11) is 0. The van der Waals surface area contributed by atoms with Crippen LogP contribution in [-0.4, -0.2) is 11.1 Å². The van der Waals surface area contributed by atoms with E-state index < -0.39 is 0 Å². The third-order valence-corrected chi connectivity index (χ3v) is 2.80. The number of aryl methyl sites for hydroxylation is 2. The molecule has 4 heteroatoms. The van der Waals surface area contributed by atoms with Crippen LogP contribution in [0.3, 0.4) is 0 Å². The van der Waals surface area contributed by atoms with Gasteiger partial charge in [0.15, 0.2) is 5.75 Å². The summed E-state index contributed by atoms with van der Waals surface area (Å²) in [6.45, 7) is 5.12. The van der Waals surface area contributed by atoms with E-state index in [1.54, 1.807) is 19.1 Å². The van der Waals surface area contributed by atoms with Gasteiger partial charge in [0.05, 0.1) is 5.39 Å². The largest absolute Gasteiger partial charge is 0.508 e. The van der Waals surface area contributed by atoms with Crippen molar-refractivity contribution in [3.8, 4) is 11.5 Å². The van der Waals surface area contributed by atoms with Crippen molar-refractivity contribution < 1.29 is 19.1 Å². The maximum atomic E-state index is 11.1. The SMILES string of the molecule is CCCc1c(O)ccc2c(OC(C)=O)c(C)oc12. The second-order valence-electron chi connectivity index (χ2n) is 4.27. The van der Waals surface area contributed by atoms with E-state index in [2.05, 4.69) is 0 Å². The minimum atomic E-state index is -0.383. The van der Waals surface area contributed by atoms with Gasteiger partial charge in [-0.3, -0.25) is 4.79 Å². The number of carbonyl (C=O) groups is 1. The molecular formula is C14H16O4. The zero-order valence-corrected chi connectivity index (χ0v) is 10.7. The molecule has 1 aromatic carbocycles. The van der Waals surface area contributed by atoms with E-state index in [1.165, 1.54) is 6.92 Å². The maximum Gasteiger partial charge on any atom is 0.308 e. The number of aromatic hydroxyl groups is 1. The first-order valence-corrected chi connectivity index (χ1v) is 5.97. The number of phenols is 1. The van der Waals surface area contributed by atoms with Crippen LogP contribution >= 0.6 is 0 Å². The third-order valence-electron chi connectivity index (χ3n) is 2.80. The normalized spacial score (nSPS) is 10.8. The van der Waals surface area contributed by atoms with Crippen molar-refractivity contribution in [1.82, 2.24) is 0 Å². The van der Waals surface area contributed by atoms with Crippen LogP contribution in [0.4, 0.5) is 0 Å². The Morgan fingerprint density at radius 3 is 2.78 bits per heavy atom. The van der Waals surface area contributed by atoms with Crippen molar-refractivity contribution >= 4 is 16.9 Å². The molecule has 0 unspecified atom stereocenters. The Morgan fingerprint density at radius 1 is 1.44 bits per heavy atom. The van der Waals surface area contributed by atoms with Crippen LogP contribution in [0.25, 0.3) is 11.0 Å². The first-order chi connectivity index (χ1) is 8.54. The summed E-state index contributed by atoms with van der Waals surface area (Å²) in [5.74, 6) is 0.816. The minimum Gasteiger partial charge on any atom is -0.508 e. The zero-order chi connectivity index (χ0) is 13.3. The predicted octanol–water partition coefficient (Wildman–Crippen LogP) is 3.32. The molecule has 96 valence electrons. The number of carbonyl (C=O) groups excluding carboxylic acids is 1. The van der Waals surface area contributed by atoms with Crippen molar-refractivity contribution in [3.63, 3.8) is 0 Å². The van der Waals surface area contributed by atoms with Crippen molar-refractivity contribution in [1.29, 1.82) is 0 Å². The molecule has 0 saturated heterocycles. The molecule has 0 aliphatic rings. The van der Waals surface area contributed by atoms with Crippen LogP contribution in [0.15, 0.2) is 16.5 Å². The summed E-state index contributed by atoms with van der Waals surface area (Å²) in [6.07, 6.45) is 1.62. The Morgan fingerprint density at radius 2 is 2.17 bits per heavy atom. The van der Waals surface area contributed by atoms with Gasteiger partial charge in [-0.1, -0.05) is 13.3 Å². The maximum absolute atomic E-state index is 11.1. The van der Waals surface area contributed by atoms with Gasteiger partial charge in [0.2, 0.25) is 0 Å². The molecule has 0 amide bonds. The van der Waals surface area contributed by atoms with Gasteiger partial charge in [0, 0.05) is 12.5 Å². The minimum absolute atomic E-state index is 0.215. The van der Waals surface area contributed by atoms with Crippen molar-refractivity contribution in [2.75, 3.05) is 0 Å². The number of benzene rings is 1. The molecule has 0 saturated carbocycles. The molecule has 4 nitrogen and oxygen atoms in total. The summed E-state index contributed by atoms with van der Waals surface area (Å²) >= 11 is 0. The molecule has 0 fully saturated rings. The fraction of sp³-hybridized carbons (Fsp3) is 0.357. The van der Waals surface area contributed by atoms with Gasteiger partial charge in [-0.15, -0.1) is 0 Å². The van der Waals surface area contributed by atoms with E-state index in [9.17, 15) is 9.90 Å². The van der Waals surface area contributed by atoms with E-state index in [-0.39, 0.29) is 11.7 Å². The molecule has 0 aliphatic heterocycles. The van der Waals surface area contributed by atoms with Crippen LogP contribution in [0.2, 0.25) is 0 Å². The Bertz CT molecular complexity index is 595. The molecule has 1 heterocycles. The number of hydrogen-bond acceptors (Lipinski definition) is 4. The highest BCUT2D eigenvalue weighted by Crippen LogP contribution is 2.38. The topological polar surface area (TPSA) is 59.7 Å². The Hall–Kier alpha value is -1.97. The van der Waals surface area contributed by atoms with Gasteiger partial charge in [0.25, 0.3) is 0 Å². The highest BCUT2D eigenvalue weighted by Gasteiger charge is 2.18. The lowest BCUT2D eigenvalue weighted by Gasteiger charge is -2.03. The van der Waals surface area contributed by atoms with E-state index in [0.717, 1.165) is 23.8 Å². The van der Waals surface area contributed by atoms with Crippen LogP contribution in [0.5, 0.6) is 11.5 Å². The summed E-state index contributed by atoms with van der Waals surface area (Å²) in [6, 6.07) is 3.31. The fourth-order valence-electron chi connectivity index (χ4n) is 2.06. The molecule has 0 bridgehead atoms. The van der Waals surface area contributed by atoms with Gasteiger partial charge in [0.1, 0.15) is 17.1 Å². The molecule has 2 aromatic rings. The predicted molar refractivity (Wildman–Crippen MR) is 67.9 cm³/mol. The number of fused-ring (bicyclic) bond motifs is 1. The quantitative estimate of drug-likeness (QED) is 0.846. The molecule has 1 N–H and O–H groups in total. The van der Waals surface area contributed by atoms with Crippen molar-refractivity contribution in [3.05, 3.63) is 23.5 Å². The number of esters is 1. The molecule has 0 aliphatic carbocycles. The molecule has 2 rings (SSSR count). The van der Waals surface area contributed by atoms with Crippen LogP contribution < -0.4 is 4.74 Å². The Labute approximate surface area is 105 Å². The summed E-state index contributed by atoms with van der Waals surface area (Å²) in [4.78, 5) is 11.1. The number of rotatable bonds is 3. The zero-order valence-electron chi connectivity index (χ0n) is 10.7. The van der Waals surface area contributed by atoms with E-state index in [4.69, 9.17) is 9.15 Å². The second kappa shape index (κ2) is 4.72. The third kappa shape index (κ3) is 2.06. The molecule has 1 aromatic heterocycles. The van der Waals surface area contributed by atoms with Gasteiger partial charge in [-0.25, -0.2) is 0 Å². The van der Waals surface area contributed by atoms with E-state index in [0.29, 0.717) is 17.1 Å². The summed E-state index contributed by atoms with van der Waals surface area (Å²) in [5, 5.41) is 10.6. The summed E-state index contributed by atoms with van der Waals surface area (Å²) < 4.78 is 10.8. The Balaban J connectivity index is 2.65. The average Bonchev–Trinajstić information content (AvgIpc) is 2.60. The number of hydrogen-bond donors (Lipinski definition) is 1. The number of ether oxygens (including phenoxy) is 1. The molecule has 0 radical (unpaired) electrons. The lowest BCUT2D eigenvalue weighted by atomic mass is 10.1. The number of phenolic OH excluding ortho intramolecular Hbond substituents is 1. The van der Waals surface area contributed by atoms with E-state index >= 15 is 0 Å². The summed E-state index contributed by atoms with van der Waals surface area (Å²) in [5.41, 5.74) is 1.36. The van der Waals surface area contributed by atoms with Gasteiger partial charge < -0.3 is 14.3 Å². The number of furan rings is 1. The van der Waals surface area contributed by atoms with Gasteiger partial charge in [-0.2, -0.15) is 0 Å². The lowest BCUT2D eigenvalue weighted by Crippen LogP contribution is -2.01. The smallest absolute Gasteiger partial charge is 0.308 e. The highest BCUT2D eigenvalue weighted by atomic mass is 16.5. The van der Waals surface area contributed by atoms with Crippen LogP contribution in [0, 0.1) is 6.92 Å². The molecular weight excluding hydrogens is 232 g/mol. The molecule has 18 heavy (non-hydrogen) atoms. The van der Waals surface area contributed by atoms with Crippen LogP contribution in [-0.2, 0) is 11.2 Å². The standard InChI is InChI=1S/C14H16O4/c1-4-5-10-12(16)7-6-11-13(18-9(3)15)8(2)17-14(10)11/h6-7,16H,4-5H2,1-3H3. The second-order valence-corrected chi connectivity index (χ2v) is 4.27. The molecule has 0 atom stereocenters. The van der Waals surface area contributed by atoms with Crippen molar-refractivity contribution in [2.24, 2.45) is 0 Å². The van der Waals surface area contributed by atoms with Gasteiger partial charge >= 0.3 is 5.97 Å². The van der Waals surface area contributed by atoms with Crippen LogP contribution in [0.1, 0.15) is 31.6 Å². The Kier molecular flexibility index (Phi) is 3.28. The van der Waals surface area contributed by atoms with Crippen molar-refractivity contribution in [2.45, 2.75) is 33.6 Å². The molecule has 0 spiro atoms. The lowest BCUT2D eigenvalue weighted by molar-refractivity contribution is -0.131. The van der Waals surface area contributed by atoms with E-state index in [1.807, 2.05) is 6.92 Å².